The van der Waals surface area contributed by atoms with Crippen LogP contribution >= 0.6 is 11.6 Å². The average Bonchev–Trinajstić information content (AvgIpc) is 2.73. The summed E-state index contributed by atoms with van der Waals surface area (Å²) >= 11 is 6.05. The van der Waals surface area contributed by atoms with Crippen LogP contribution in [-0.2, 0) is 4.74 Å². The summed E-state index contributed by atoms with van der Waals surface area (Å²) in [5, 5.41) is 1.57. The van der Waals surface area contributed by atoms with Crippen molar-refractivity contribution in [1.82, 2.24) is 0 Å². The van der Waals surface area contributed by atoms with E-state index in [9.17, 15) is 0 Å². The Morgan fingerprint density at radius 3 is 2.88 bits per heavy atom. The molecular weight excluding hydrogens is 238 g/mol. The molecule has 0 aliphatic carbocycles. The lowest BCUT2D eigenvalue weighted by molar-refractivity contribution is 0.0527. The minimum atomic E-state index is -0.279. The summed E-state index contributed by atoms with van der Waals surface area (Å²) in [6.45, 7) is 4.51. The third-order valence-electron chi connectivity index (χ3n) is 2.78. The molecule has 2 atom stereocenters. The van der Waals surface area contributed by atoms with Gasteiger partial charge in [-0.2, -0.15) is 0 Å². The molecule has 2 rings (SSSR count). The molecule has 17 heavy (non-hydrogen) atoms. The molecule has 0 spiro atoms. The van der Waals surface area contributed by atoms with Gasteiger partial charge in [0.15, 0.2) is 5.58 Å². The Kier molecular flexibility index (Phi) is 3.72. The summed E-state index contributed by atoms with van der Waals surface area (Å²) in [5.74, 6) is 0.703. The molecule has 0 saturated carbocycles. The van der Waals surface area contributed by atoms with Gasteiger partial charge in [0.2, 0.25) is 0 Å². The SMILES string of the molecule is CCOC(C)C(N)c1cc2cccc(Cl)c2o1. The molecule has 1 aromatic carbocycles. The fourth-order valence-corrected chi connectivity index (χ4v) is 2.03. The fraction of sp³-hybridized carbons (Fsp3) is 0.385. The molecule has 0 aliphatic rings. The second kappa shape index (κ2) is 5.08. The van der Waals surface area contributed by atoms with Gasteiger partial charge < -0.3 is 14.9 Å². The third-order valence-corrected chi connectivity index (χ3v) is 3.08. The first-order valence-electron chi connectivity index (χ1n) is 5.68. The van der Waals surface area contributed by atoms with E-state index in [1.54, 1.807) is 6.07 Å². The van der Waals surface area contributed by atoms with E-state index in [-0.39, 0.29) is 12.1 Å². The molecular formula is C13H16ClNO2. The maximum atomic E-state index is 6.08. The smallest absolute Gasteiger partial charge is 0.152 e. The van der Waals surface area contributed by atoms with E-state index in [4.69, 9.17) is 26.5 Å². The molecule has 1 aromatic heterocycles. The molecule has 3 nitrogen and oxygen atoms in total. The second-order valence-electron chi connectivity index (χ2n) is 3.99. The van der Waals surface area contributed by atoms with E-state index < -0.39 is 0 Å². The molecule has 0 fully saturated rings. The molecule has 92 valence electrons. The summed E-state index contributed by atoms with van der Waals surface area (Å²) in [6, 6.07) is 7.28. The number of nitrogens with two attached hydrogens (primary N) is 1. The number of hydrogen-bond donors (Lipinski definition) is 1. The maximum absolute atomic E-state index is 6.08. The number of ether oxygens (including phenoxy) is 1. The molecule has 2 unspecified atom stereocenters. The summed E-state index contributed by atoms with van der Waals surface area (Å²) < 4.78 is 11.2. The van der Waals surface area contributed by atoms with Crippen molar-refractivity contribution in [2.24, 2.45) is 5.73 Å². The van der Waals surface area contributed by atoms with Gasteiger partial charge in [-0.05, 0) is 26.0 Å². The monoisotopic (exact) mass is 253 g/mol. The van der Waals surface area contributed by atoms with Crippen molar-refractivity contribution in [2.75, 3.05) is 6.61 Å². The number of fused-ring (bicyclic) bond motifs is 1. The van der Waals surface area contributed by atoms with Crippen LogP contribution in [0.5, 0.6) is 0 Å². The highest BCUT2D eigenvalue weighted by molar-refractivity contribution is 6.34. The Balaban J connectivity index is 2.33. The van der Waals surface area contributed by atoms with Crippen LogP contribution in [0.25, 0.3) is 11.0 Å². The predicted molar refractivity (Wildman–Crippen MR) is 69.2 cm³/mol. The van der Waals surface area contributed by atoms with Crippen LogP contribution in [0, 0.1) is 0 Å². The number of rotatable bonds is 4. The zero-order valence-corrected chi connectivity index (χ0v) is 10.7. The van der Waals surface area contributed by atoms with Crippen LogP contribution in [-0.4, -0.2) is 12.7 Å². The summed E-state index contributed by atoms with van der Waals surface area (Å²) in [6.07, 6.45) is -0.0839. The van der Waals surface area contributed by atoms with Gasteiger partial charge in [0, 0.05) is 12.0 Å². The average molecular weight is 254 g/mol. The highest BCUT2D eigenvalue weighted by atomic mass is 35.5. The van der Waals surface area contributed by atoms with Crippen LogP contribution in [0.1, 0.15) is 25.6 Å². The highest BCUT2D eigenvalue weighted by Crippen LogP contribution is 2.30. The fourth-order valence-electron chi connectivity index (χ4n) is 1.81. The van der Waals surface area contributed by atoms with Gasteiger partial charge in [-0.3, -0.25) is 0 Å². The topological polar surface area (TPSA) is 48.4 Å². The first-order chi connectivity index (χ1) is 8.13. The molecule has 2 aromatic rings. The molecule has 0 saturated heterocycles. The first-order valence-corrected chi connectivity index (χ1v) is 6.06. The Bertz CT molecular complexity index is 509. The van der Waals surface area contributed by atoms with Crippen LogP contribution in [0.4, 0.5) is 0 Å². The number of furan rings is 1. The van der Waals surface area contributed by atoms with Gasteiger partial charge in [-0.1, -0.05) is 23.7 Å². The van der Waals surface area contributed by atoms with Gasteiger partial charge in [0.25, 0.3) is 0 Å². The normalized spacial score (nSPS) is 15.1. The molecule has 2 N–H and O–H groups in total. The van der Waals surface area contributed by atoms with Crippen molar-refractivity contribution in [2.45, 2.75) is 26.0 Å². The quantitative estimate of drug-likeness (QED) is 0.907. The summed E-state index contributed by atoms with van der Waals surface area (Å²) in [5.41, 5.74) is 6.76. The van der Waals surface area contributed by atoms with Gasteiger partial charge in [-0.15, -0.1) is 0 Å². The van der Waals surface area contributed by atoms with Crippen molar-refractivity contribution >= 4 is 22.6 Å². The van der Waals surface area contributed by atoms with Crippen molar-refractivity contribution in [1.29, 1.82) is 0 Å². The standard InChI is InChI=1S/C13H16ClNO2/c1-3-16-8(2)12(15)11-7-9-5-4-6-10(14)13(9)17-11/h4-8,12H,3,15H2,1-2H3. The van der Waals surface area contributed by atoms with Crippen LogP contribution in [0.3, 0.4) is 0 Å². The molecule has 0 aliphatic heterocycles. The maximum Gasteiger partial charge on any atom is 0.152 e. The van der Waals surface area contributed by atoms with Crippen molar-refractivity contribution < 1.29 is 9.15 Å². The zero-order valence-electron chi connectivity index (χ0n) is 9.94. The Labute approximate surface area is 105 Å². The van der Waals surface area contributed by atoms with E-state index in [2.05, 4.69) is 0 Å². The molecule has 0 amide bonds. The Morgan fingerprint density at radius 2 is 2.24 bits per heavy atom. The Morgan fingerprint density at radius 1 is 1.47 bits per heavy atom. The Hall–Kier alpha value is -1.03. The number of para-hydroxylation sites is 1. The van der Waals surface area contributed by atoms with Crippen molar-refractivity contribution in [3.8, 4) is 0 Å². The lowest BCUT2D eigenvalue weighted by Gasteiger charge is -2.17. The molecule has 1 heterocycles. The summed E-state index contributed by atoms with van der Waals surface area (Å²) in [7, 11) is 0. The number of hydrogen-bond acceptors (Lipinski definition) is 3. The van der Waals surface area contributed by atoms with Gasteiger partial charge in [0.1, 0.15) is 5.76 Å². The van der Waals surface area contributed by atoms with Crippen molar-refractivity contribution in [3.63, 3.8) is 0 Å². The highest BCUT2D eigenvalue weighted by Gasteiger charge is 2.19. The summed E-state index contributed by atoms with van der Waals surface area (Å²) in [4.78, 5) is 0. The van der Waals surface area contributed by atoms with E-state index in [1.165, 1.54) is 0 Å². The lowest BCUT2D eigenvalue weighted by Crippen LogP contribution is -2.25. The minimum absolute atomic E-state index is 0.0839. The minimum Gasteiger partial charge on any atom is -0.458 e. The lowest BCUT2D eigenvalue weighted by atomic mass is 10.1. The first kappa shape index (κ1) is 12.4. The zero-order chi connectivity index (χ0) is 12.4. The van der Waals surface area contributed by atoms with Gasteiger partial charge in [0.05, 0.1) is 17.2 Å². The van der Waals surface area contributed by atoms with Crippen molar-refractivity contribution in [3.05, 3.63) is 35.0 Å². The van der Waals surface area contributed by atoms with Gasteiger partial charge in [-0.25, -0.2) is 0 Å². The largest absolute Gasteiger partial charge is 0.458 e. The molecule has 0 bridgehead atoms. The van der Waals surface area contributed by atoms with Crippen LogP contribution in [0.15, 0.2) is 28.7 Å². The van der Waals surface area contributed by atoms with Crippen LogP contribution in [0.2, 0.25) is 5.02 Å². The third kappa shape index (κ3) is 2.46. The molecule has 4 heteroatoms. The molecule has 0 radical (unpaired) electrons. The number of halogens is 1. The van der Waals surface area contributed by atoms with Crippen LogP contribution < -0.4 is 5.73 Å². The number of benzene rings is 1. The van der Waals surface area contributed by atoms with Gasteiger partial charge >= 0.3 is 0 Å². The van der Waals surface area contributed by atoms with E-state index in [0.717, 1.165) is 5.39 Å². The van der Waals surface area contributed by atoms with E-state index >= 15 is 0 Å². The van der Waals surface area contributed by atoms with E-state index in [1.807, 2.05) is 32.0 Å². The van der Waals surface area contributed by atoms with E-state index in [0.29, 0.717) is 23.0 Å². The second-order valence-corrected chi connectivity index (χ2v) is 4.40. The predicted octanol–water partition coefficient (Wildman–Crippen LogP) is 3.51.